The van der Waals surface area contributed by atoms with Gasteiger partial charge in [0.15, 0.2) is 18.1 Å². The molecule has 6 nitrogen and oxygen atoms in total. The van der Waals surface area contributed by atoms with E-state index in [9.17, 15) is 9.59 Å². The predicted octanol–water partition coefficient (Wildman–Crippen LogP) is 0.275. The standard InChI is InChI=1S/C11H13NO5/c1-16-8-4-2-3-5-9(8)17-7-10(13)12-6-11(14)15/h2-5H,6-7H2,1H3,(H,12,13)(H,14,15). The van der Waals surface area contributed by atoms with Crippen molar-refractivity contribution in [2.75, 3.05) is 20.3 Å². The summed E-state index contributed by atoms with van der Waals surface area (Å²) in [6.07, 6.45) is 0. The molecule has 0 aliphatic rings. The van der Waals surface area contributed by atoms with E-state index >= 15 is 0 Å². The first kappa shape index (κ1) is 12.8. The van der Waals surface area contributed by atoms with Gasteiger partial charge in [0.1, 0.15) is 6.54 Å². The first-order chi connectivity index (χ1) is 8.13. The van der Waals surface area contributed by atoms with E-state index in [1.165, 1.54) is 7.11 Å². The smallest absolute Gasteiger partial charge is 0.322 e. The van der Waals surface area contributed by atoms with Crippen molar-refractivity contribution in [3.63, 3.8) is 0 Å². The molecule has 2 N–H and O–H groups in total. The first-order valence-corrected chi connectivity index (χ1v) is 4.88. The SMILES string of the molecule is COc1ccccc1OCC(=O)NCC(=O)O. The van der Waals surface area contributed by atoms with E-state index in [-0.39, 0.29) is 6.61 Å². The van der Waals surface area contributed by atoms with Crippen molar-refractivity contribution in [1.29, 1.82) is 0 Å². The molecule has 0 aromatic heterocycles. The molecule has 0 saturated carbocycles. The van der Waals surface area contributed by atoms with Crippen LogP contribution >= 0.6 is 0 Å². The second kappa shape index (κ2) is 6.37. The maximum Gasteiger partial charge on any atom is 0.322 e. The summed E-state index contributed by atoms with van der Waals surface area (Å²) in [6.45, 7) is -0.679. The zero-order valence-corrected chi connectivity index (χ0v) is 9.30. The van der Waals surface area contributed by atoms with Gasteiger partial charge in [0.05, 0.1) is 7.11 Å². The van der Waals surface area contributed by atoms with Gasteiger partial charge in [-0.3, -0.25) is 9.59 Å². The van der Waals surface area contributed by atoms with Crippen molar-refractivity contribution in [2.45, 2.75) is 0 Å². The number of amides is 1. The summed E-state index contributed by atoms with van der Waals surface area (Å²) < 4.78 is 10.2. The Morgan fingerprint density at radius 3 is 2.53 bits per heavy atom. The number of ether oxygens (including phenoxy) is 2. The minimum absolute atomic E-state index is 0.256. The van der Waals surface area contributed by atoms with Crippen molar-refractivity contribution in [1.82, 2.24) is 5.32 Å². The molecule has 1 aromatic rings. The molecule has 17 heavy (non-hydrogen) atoms. The van der Waals surface area contributed by atoms with Crippen molar-refractivity contribution in [3.8, 4) is 11.5 Å². The Bertz CT molecular complexity index is 405. The third-order valence-corrected chi connectivity index (χ3v) is 1.86. The van der Waals surface area contributed by atoms with Crippen LogP contribution in [-0.4, -0.2) is 37.2 Å². The Labute approximate surface area is 98.2 Å². The highest BCUT2D eigenvalue weighted by Gasteiger charge is 2.07. The van der Waals surface area contributed by atoms with Crippen molar-refractivity contribution >= 4 is 11.9 Å². The first-order valence-electron chi connectivity index (χ1n) is 4.88. The van der Waals surface area contributed by atoms with Crippen LogP contribution in [0.1, 0.15) is 0 Å². The monoisotopic (exact) mass is 239 g/mol. The number of nitrogens with one attached hydrogen (secondary N) is 1. The molecule has 0 saturated heterocycles. The predicted molar refractivity (Wildman–Crippen MR) is 59.1 cm³/mol. The molecule has 0 atom stereocenters. The van der Waals surface area contributed by atoms with Gasteiger partial charge < -0.3 is 19.9 Å². The highest BCUT2D eigenvalue weighted by Crippen LogP contribution is 2.25. The quantitative estimate of drug-likeness (QED) is 0.744. The van der Waals surface area contributed by atoms with Crippen LogP contribution in [-0.2, 0) is 9.59 Å². The molecule has 0 spiro atoms. The van der Waals surface area contributed by atoms with E-state index < -0.39 is 18.4 Å². The minimum atomic E-state index is -1.10. The number of carbonyl (C=O) groups excluding carboxylic acids is 1. The lowest BCUT2D eigenvalue weighted by Crippen LogP contribution is -2.33. The van der Waals surface area contributed by atoms with E-state index in [0.29, 0.717) is 11.5 Å². The van der Waals surface area contributed by atoms with Crippen LogP contribution in [0.4, 0.5) is 0 Å². The number of aliphatic carboxylic acids is 1. The fourth-order valence-electron chi connectivity index (χ4n) is 1.11. The average Bonchev–Trinajstić information content (AvgIpc) is 2.34. The minimum Gasteiger partial charge on any atom is -0.493 e. The Hall–Kier alpha value is -2.24. The molecule has 1 amide bonds. The second-order valence-electron chi connectivity index (χ2n) is 3.11. The summed E-state index contributed by atoms with van der Waals surface area (Å²) in [5.74, 6) is -0.659. The molecule has 6 heteroatoms. The van der Waals surface area contributed by atoms with Crippen molar-refractivity contribution in [3.05, 3.63) is 24.3 Å². The maximum atomic E-state index is 11.2. The van der Waals surface area contributed by atoms with Gasteiger partial charge in [0, 0.05) is 0 Å². The normalized spacial score (nSPS) is 9.47. The Balaban J connectivity index is 2.44. The van der Waals surface area contributed by atoms with Crippen LogP contribution in [0.15, 0.2) is 24.3 Å². The summed E-state index contributed by atoms with van der Waals surface area (Å²) in [4.78, 5) is 21.4. The maximum absolute atomic E-state index is 11.2. The van der Waals surface area contributed by atoms with Crippen molar-refractivity contribution < 1.29 is 24.2 Å². The highest BCUT2D eigenvalue weighted by atomic mass is 16.5. The number of carboxylic acid groups (broad SMARTS) is 1. The van der Waals surface area contributed by atoms with E-state index in [1.54, 1.807) is 24.3 Å². The van der Waals surface area contributed by atoms with Gasteiger partial charge in [0.25, 0.3) is 5.91 Å². The second-order valence-corrected chi connectivity index (χ2v) is 3.11. The lowest BCUT2D eigenvalue weighted by Gasteiger charge is -2.09. The molecule has 0 unspecified atom stereocenters. The molecular weight excluding hydrogens is 226 g/mol. The summed E-state index contributed by atoms with van der Waals surface area (Å²) in [6, 6.07) is 6.87. The Morgan fingerprint density at radius 1 is 1.29 bits per heavy atom. The molecule has 0 radical (unpaired) electrons. The van der Waals surface area contributed by atoms with Crippen LogP contribution in [0.5, 0.6) is 11.5 Å². The summed E-state index contributed by atoms with van der Waals surface area (Å²) in [5.41, 5.74) is 0. The molecule has 92 valence electrons. The van der Waals surface area contributed by atoms with Crippen LogP contribution in [0.3, 0.4) is 0 Å². The third kappa shape index (κ3) is 4.42. The Morgan fingerprint density at radius 2 is 1.94 bits per heavy atom. The summed E-state index contributed by atoms with van der Waals surface area (Å²) >= 11 is 0. The molecule has 0 fully saturated rings. The van der Waals surface area contributed by atoms with Gasteiger partial charge in [-0.2, -0.15) is 0 Å². The number of hydrogen-bond donors (Lipinski definition) is 2. The molecule has 0 heterocycles. The number of carboxylic acids is 1. The molecule has 0 aliphatic heterocycles. The topological polar surface area (TPSA) is 84.9 Å². The number of hydrogen-bond acceptors (Lipinski definition) is 4. The Kier molecular flexibility index (Phi) is 4.80. The number of benzene rings is 1. The molecule has 0 aliphatic carbocycles. The number of para-hydroxylation sites is 2. The van der Waals surface area contributed by atoms with Gasteiger partial charge in [-0.1, -0.05) is 12.1 Å². The van der Waals surface area contributed by atoms with Gasteiger partial charge in [-0.05, 0) is 12.1 Å². The van der Waals surface area contributed by atoms with Crippen molar-refractivity contribution in [2.24, 2.45) is 0 Å². The highest BCUT2D eigenvalue weighted by molar-refractivity contribution is 5.82. The molecule has 0 bridgehead atoms. The third-order valence-electron chi connectivity index (χ3n) is 1.86. The van der Waals surface area contributed by atoms with Crippen LogP contribution in [0, 0.1) is 0 Å². The fraction of sp³-hybridized carbons (Fsp3) is 0.273. The summed E-state index contributed by atoms with van der Waals surface area (Å²) in [5, 5.41) is 10.5. The lowest BCUT2D eigenvalue weighted by molar-refractivity contribution is -0.138. The van der Waals surface area contributed by atoms with E-state index in [0.717, 1.165) is 0 Å². The zero-order chi connectivity index (χ0) is 12.7. The zero-order valence-electron chi connectivity index (χ0n) is 9.30. The fourth-order valence-corrected chi connectivity index (χ4v) is 1.11. The largest absolute Gasteiger partial charge is 0.493 e. The number of carbonyl (C=O) groups is 2. The van der Waals surface area contributed by atoms with E-state index in [2.05, 4.69) is 5.32 Å². The average molecular weight is 239 g/mol. The van der Waals surface area contributed by atoms with Gasteiger partial charge in [-0.15, -0.1) is 0 Å². The van der Waals surface area contributed by atoms with Crippen LogP contribution in [0.25, 0.3) is 0 Å². The molecular formula is C11H13NO5. The van der Waals surface area contributed by atoms with Gasteiger partial charge in [-0.25, -0.2) is 0 Å². The molecule has 1 rings (SSSR count). The molecule has 1 aromatic carbocycles. The van der Waals surface area contributed by atoms with E-state index in [1.807, 2.05) is 0 Å². The van der Waals surface area contributed by atoms with Crippen LogP contribution in [0.2, 0.25) is 0 Å². The van der Waals surface area contributed by atoms with Gasteiger partial charge >= 0.3 is 5.97 Å². The van der Waals surface area contributed by atoms with Crippen LogP contribution < -0.4 is 14.8 Å². The summed E-state index contributed by atoms with van der Waals surface area (Å²) in [7, 11) is 1.49. The lowest BCUT2D eigenvalue weighted by atomic mass is 10.3. The number of methoxy groups -OCH3 is 1. The van der Waals surface area contributed by atoms with Gasteiger partial charge in [0.2, 0.25) is 0 Å². The van der Waals surface area contributed by atoms with E-state index in [4.69, 9.17) is 14.6 Å². The number of rotatable bonds is 6.